The summed E-state index contributed by atoms with van der Waals surface area (Å²) in [6.07, 6.45) is 2.44. The summed E-state index contributed by atoms with van der Waals surface area (Å²) in [4.78, 5) is 24.0. The zero-order valence-corrected chi connectivity index (χ0v) is 21.5. The Labute approximate surface area is 206 Å². The number of amides is 1. The molecule has 3 aromatic rings. The zero-order valence-electron chi connectivity index (χ0n) is 20.7. The molecule has 2 aromatic carbocycles. The van der Waals surface area contributed by atoms with E-state index in [4.69, 9.17) is 0 Å². The third-order valence-electron chi connectivity index (χ3n) is 5.65. The number of aromatic nitrogens is 3. The van der Waals surface area contributed by atoms with E-state index >= 15 is 0 Å². The van der Waals surface area contributed by atoms with Crippen molar-refractivity contribution in [3.8, 4) is 5.69 Å². The van der Waals surface area contributed by atoms with Gasteiger partial charge in [0.15, 0.2) is 10.9 Å². The number of ketones is 1. The summed E-state index contributed by atoms with van der Waals surface area (Å²) in [7, 11) is 0. The number of benzene rings is 2. The van der Waals surface area contributed by atoms with Gasteiger partial charge in [-0.3, -0.25) is 14.2 Å². The van der Waals surface area contributed by atoms with Gasteiger partial charge in [0, 0.05) is 31.1 Å². The maximum Gasteiger partial charge on any atom is 0.216 e. The number of hydrogen-bond acceptors (Lipinski definition) is 5. The molecule has 0 aliphatic heterocycles. The number of carbonyl (C=O) groups excluding carboxylic acids is 2. The number of hydrogen-bond donors (Lipinski definition) is 1. The van der Waals surface area contributed by atoms with Crippen LogP contribution in [0.3, 0.4) is 0 Å². The monoisotopic (exact) mass is 478 g/mol. The van der Waals surface area contributed by atoms with Crippen molar-refractivity contribution in [2.24, 2.45) is 5.92 Å². The first-order chi connectivity index (χ1) is 16.2. The van der Waals surface area contributed by atoms with Crippen LogP contribution in [0.15, 0.2) is 47.6 Å². The standard InChI is InChI=1S/C27H34N4O2S/c1-18(2)15-22-9-11-23(12-10-22)25(33)17-34-27-30-29-26(7-6-14-28-21(5)32)31(27)24-13-8-19(3)20(4)16-24/h8-13,16,18H,6-7,14-15,17H2,1-5H3,(H,28,32). The number of nitrogens with zero attached hydrogens (tertiary/aromatic N) is 3. The van der Waals surface area contributed by atoms with Gasteiger partial charge in [-0.15, -0.1) is 10.2 Å². The van der Waals surface area contributed by atoms with Gasteiger partial charge in [-0.2, -0.15) is 0 Å². The number of Topliss-reactive ketones (excluding diaryl/α,β-unsaturated/α-hetero) is 1. The van der Waals surface area contributed by atoms with E-state index in [1.807, 2.05) is 28.8 Å². The predicted molar refractivity (Wildman–Crippen MR) is 138 cm³/mol. The third-order valence-corrected chi connectivity index (χ3v) is 6.58. The molecule has 0 radical (unpaired) electrons. The minimum Gasteiger partial charge on any atom is -0.356 e. The first-order valence-electron chi connectivity index (χ1n) is 11.8. The summed E-state index contributed by atoms with van der Waals surface area (Å²) in [5.74, 6) is 1.73. The topological polar surface area (TPSA) is 76.9 Å². The van der Waals surface area contributed by atoms with Crippen LogP contribution in [0.2, 0.25) is 0 Å². The van der Waals surface area contributed by atoms with Crippen molar-refractivity contribution in [1.29, 1.82) is 0 Å². The average molecular weight is 479 g/mol. The number of aryl methyl sites for hydroxylation is 3. The Hall–Kier alpha value is -2.93. The highest BCUT2D eigenvalue weighted by atomic mass is 32.2. The molecule has 3 rings (SSSR count). The largest absolute Gasteiger partial charge is 0.356 e. The summed E-state index contributed by atoms with van der Waals surface area (Å²) in [5, 5.41) is 12.3. The van der Waals surface area contributed by atoms with Crippen molar-refractivity contribution in [1.82, 2.24) is 20.1 Å². The van der Waals surface area contributed by atoms with E-state index in [0.29, 0.717) is 35.4 Å². The summed E-state index contributed by atoms with van der Waals surface area (Å²) >= 11 is 1.40. The summed E-state index contributed by atoms with van der Waals surface area (Å²) < 4.78 is 2.03. The Kier molecular flexibility index (Phi) is 9.05. The molecule has 0 unspecified atom stereocenters. The summed E-state index contributed by atoms with van der Waals surface area (Å²) in [5.41, 5.74) is 5.35. The summed E-state index contributed by atoms with van der Waals surface area (Å²) in [6.45, 7) is 10.6. The molecule has 1 aromatic heterocycles. The molecule has 1 heterocycles. The fraction of sp³-hybridized carbons (Fsp3) is 0.407. The molecule has 0 aliphatic carbocycles. The van der Waals surface area contributed by atoms with Crippen molar-refractivity contribution >= 4 is 23.5 Å². The van der Waals surface area contributed by atoms with Gasteiger partial charge in [-0.05, 0) is 61.4 Å². The first kappa shape index (κ1) is 25.7. The third kappa shape index (κ3) is 7.03. The van der Waals surface area contributed by atoms with Gasteiger partial charge in [0.05, 0.1) is 5.75 Å². The van der Waals surface area contributed by atoms with Gasteiger partial charge in [0.1, 0.15) is 5.82 Å². The van der Waals surface area contributed by atoms with Crippen LogP contribution in [-0.2, 0) is 17.6 Å². The molecule has 0 atom stereocenters. The SMILES string of the molecule is CC(=O)NCCCc1nnc(SCC(=O)c2ccc(CC(C)C)cc2)n1-c1ccc(C)c(C)c1. The highest BCUT2D eigenvalue weighted by molar-refractivity contribution is 7.99. The van der Waals surface area contributed by atoms with Crippen LogP contribution in [0.4, 0.5) is 0 Å². The van der Waals surface area contributed by atoms with Crippen LogP contribution in [0.1, 0.15) is 60.1 Å². The van der Waals surface area contributed by atoms with Gasteiger partial charge in [0.2, 0.25) is 5.91 Å². The highest BCUT2D eigenvalue weighted by Gasteiger charge is 2.17. The molecule has 1 N–H and O–H groups in total. The van der Waals surface area contributed by atoms with Gasteiger partial charge in [-0.25, -0.2) is 0 Å². The molecule has 0 fully saturated rings. The van der Waals surface area contributed by atoms with E-state index in [-0.39, 0.29) is 11.7 Å². The Morgan fingerprint density at radius 1 is 1.03 bits per heavy atom. The average Bonchev–Trinajstić information content (AvgIpc) is 3.19. The number of carbonyl (C=O) groups is 2. The Bertz CT molecular complexity index is 1140. The minimum atomic E-state index is -0.0392. The predicted octanol–water partition coefficient (Wildman–Crippen LogP) is 5.13. The van der Waals surface area contributed by atoms with Crippen molar-refractivity contribution in [3.05, 3.63) is 70.5 Å². The molecular formula is C27H34N4O2S. The van der Waals surface area contributed by atoms with E-state index in [9.17, 15) is 9.59 Å². The molecule has 0 saturated heterocycles. The Morgan fingerprint density at radius 2 is 1.76 bits per heavy atom. The molecule has 0 aliphatic rings. The fourth-order valence-corrected chi connectivity index (χ4v) is 4.57. The van der Waals surface area contributed by atoms with E-state index in [1.165, 1.54) is 35.4 Å². The van der Waals surface area contributed by atoms with E-state index in [0.717, 1.165) is 24.4 Å². The number of thioether (sulfide) groups is 1. The van der Waals surface area contributed by atoms with Crippen LogP contribution in [0.5, 0.6) is 0 Å². The molecular weight excluding hydrogens is 444 g/mol. The quantitative estimate of drug-likeness (QED) is 0.235. The van der Waals surface area contributed by atoms with Crippen LogP contribution < -0.4 is 5.32 Å². The van der Waals surface area contributed by atoms with Crippen molar-refractivity contribution in [2.75, 3.05) is 12.3 Å². The van der Waals surface area contributed by atoms with Crippen molar-refractivity contribution < 1.29 is 9.59 Å². The fourth-order valence-electron chi connectivity index (χ4n) is 3.70. The van der Waals surface area contributed by atoms with Crippen molar-refractivity contribution in [3.63, 3.8) is 0 Å². The molecule has 7 heteroatoms. The number of rotatable bonds is 11. The lowest BCUT2D eigenvalue weighted by molar-refractivity contribution is -0.118. The number of nitrogens with one attached hydrogen (secondary N) is 1. The second kappa shape index (κ2) is 12.0. The molecule has 34 heavy (non-hydrogen) atoms. The first-order valence-corrected chi connectivity index (χ1v) is 12.7. The molecule has 0 spiro atoms. The zero-order chi connectivity index (χ0) is 24.7. The maximum absolute atomic E-state index is 12.9. The summed E-state index contributed by atoms with van der Waals surface area (Å²) in [6, 6.07) is 14.2. The Morgan fingerprint density at radius 3 is 2.41 bits per heavy atom. The van der Waals surface area contributed by atoms with Gasteiger partial charge < -0.3 is 5.32 Å². The van der Waals surface area contributed by atoms with Crippen LogP contribution in [-0.4, -0.2) is 38.8 Å². The highest BCUT2D eigenvalue weighted by Crippen LogP contribution is 2.25. The lowest BCUT2D eigenvalue weighted by atomic mass is 10.0. The van der Waals surface area contributed by atoms with Crippen LogP contribution in [0.25, 0.3) is 5.69 Å². The molecule has 6 nitrogen and oxygen atoms in total. The van der Waals surface area contributed by atoms with Crippen molar-refractivity contribution in [2.45, 2.75) is 59.0 Å². The minimum absolute atomic E-state index is 0.0392. The second-order valence-corrected chi connectivity index (χ2v) is 10.0. The molecule has 0 saturated carbocycles. The van der Waals surface area contributed by atoms with Gasteiger partial charge >= 0.3 is 0 Å². The second-order valence-electron chi connectivity index (χ2n) is 9.10. The normalized spacial score (nSPS) is 11.1. The molecule has 0 bridgehead atoms. The molecule has 180 valence electrons. The van der Waals surface area contributed by atoms with E-state index in [2.05, 4.69) is 61.4 Å². The Balaban J connectivity index is 1.76. The van der Waals surface area contributed by atoms with Crippen LogP contribution in [0, 0.1) is 19.8 Å². The smallest absolute Gasteiger partial charge is 0.216 e. The van der Waals surface area contributed by atoms with E-state index in [1.54, 1.807) is 0 Å². The van der Waals surface area contributed by atoms with Crippen LogP contribution >= 0.6 is 11.8 Å². The molecule has 1 amide bonds. The van der Waals surface area contributed by atoms with Gasteiger partial charge in [-0.1, -0.05) is 55.9 Å². The van der Waals surface area contributed by atoms with E-state index < -0.39 is 0 Å². The lowest BCUT2D eigenvalue weighted by Crippen LogP contribution is -2.21. The lowest BCUT2D eigenvalue weighted by Gasteiger charge is -2.12. The maximum atomic E-state index is 12.9. The van der Waals surface area contributed by atoms with Gasteiger partial charge in [0.25, 0.3) is 0 Å².